The molecule has 0 saturated carbocycles. The minimum absolute atomic E-state index is 0. The first-order chi connectivity index (χ1) is 3.00. The Morgan fingerprint density at radius 1 is 0.750 bits per heavy atom. The Bertz CT molecular complexity index is 82.4. The second kappa shape index (κ2) is 7.40. The van der Waals surface area contributed by atoms with E-state index >= 15 is 0 Å². The number of hydrogen-bond donors (Lipinski definition) is 0. The van der Waals surface area contributed by atoms with Gasteiger partial charge >= 0.3 is 0 Å². The number of pyridine rings is 1. The molecule has 46 valence electrons. The summed E-state index contributed by atoms with van der Waals surface area (Å²) in [6.07, 6.45) is 3.50. The number of nitrogens with zero attached hydrogens (tertiary/aromatic N) is 1. The van der Waals surface area contributed by atoms with Gasteiger partial charge in [-0.1, -0.05) is 6.07 Å². The summed E-state index contributed by atoms with van der Waals surface area (Å²) in [5, 5.41) is 0. The van der Waals surface area contributed by atoms with Gasteiger partial charge in [0.25, 0.3) is 0 Å². The van der Waals surface area contributed by atoms with Crippen molar-refractivity contribution < 1.29 is 39.0 Å². The smallest absolute Gasteiger partial charge is 0.0267 e. The third-order valence-corrected chi connectivity index (χ3v) is 0.566. The predicted molar refractivity (Wildman–Crippen MR) is 24.2 cm³/mol. The number of rotatable bonds is 0. The van der Waals surface area contributed by atoms with Crippen LogP contribution in [0.5, 0.6) is 0 Å². The molecule has 0 aliphatic heterocycles. The number of aromatic nitrogens is 1. The second-order valence-electron chi connectivity index (χ2n) is 1.02. The van der Waals surface area contributed by atoms with E-state index in [0.717, 1.165) is 0 Å². The first-order valence-corrected chi connectivity index (χ1v) is 1.85. The summed E-state index contributed by atoms with van der Waals surface area (Å²) < 4.78 is 0. The maximum Gasteiger partial charge on any atom is 0.0267 e. The molecule has 3 heteroatoms. The van der Waals surface area contributed by atoms with Crippen LogP contribution in [0.15, 0.2) is 30.6 Å². The van der Waals surface area contributed by atoms with Crippen molar-refractivity contribution in [2.75, 3.05) is 0 Å². The summed E-state index contributed by atoms with van der Waals surface area (Å²) in [6, 6.07) is 5.72. The zero-order valence-corrected chi connectivity index (χ0v) is 7.52. The minimum atomic E-state index is 0. The van der Waals surface area contributed by atoms with Crippen molar-refractivity contribution in [2.24, 2.45) is 0 Å². The Balaban J connectivity index is 0. The molecule has 0 spiro atoms. The van der Waals surface area contributed by atoms with Crippen LogP contribution < -0.4 is 0 Å². The van der Waals surface area contributed by atoms with Crippen LogP contribution in [-0.4, -0.2) is 4.98 Å². The van der Waals surface area contributed by atoms with E-state index in [1.54, 1.807) is 12.4 Å². The molecule has 0 aromatic carbocycles. The molecule has 0 atom stereocenters. The van der Waals surface area contributed by atoms with Crippen molar-refractivity contribution in [3.63, 3.8) is 0 Å². The summed E-state index contributed by atoms with van der Waals surface area (Å²) in [5.41, 5.74) is 0. The molecule has 0 amide bonds. The standard InChI is InChI=1S/C5H5N.2Ru/c1-2-4-6-5-3-1;;/h1-5H;;. The van der Waals surface area contributed by atoms with Crippen molar-refractivity contribution in [1.82, 2.24) is 4.98 Å². The fourth-order valence-corrected chi connectivity index (χ4v) is 0.313. The van der Waals surface area contributed by atoms with E-state index in [0.29, 0.717) is 0 Å². The molecule has 1 nitrogen and oxygen atoms in total. The average Bonchev–Trinajstić information content (AvgIpc) is 1.72. The molecule has 0 bridgehead atoms. The molecular weight excluding hydrogens is 276 g/mol. The van der Waals surface area contributed by atoms with Gasteiger partial charge in [0.05, 0.1) is 0 Å². The summed E-state index contributed by atoms with van der Waals surface area (Å²) in [4.78, 5) is 3.78. The molecular formula is C5H5NRu2. The Morgan fingerprint density at radius 3 is 1.38 bits per heavy atom. The van der Waals surface area contributed by atoms with Gasteiger partial charge in [0.15, 0.2) is 0 Å². The van der Waals surface area contributed by atoms with Crippen molar-refractivity contribution >= 4 is 0 Å². The van der Waals surface area contributed by atoms with Crippen molar-refractivity contribution in [1.29, 1.82) is 0 Å². The first-order valence-electron chi connectivity index (χ1n) is 1.85. The maximum absolute atomic E-state index is 3.78. The van der Waals surface area contributed by atoms with E-state index in [-0.39, 0.29) is 39.0 Å². The van der Waals surface area contributed by atoms with Crippen LogP contribution in [0, 0.1) is 0 Å². The SMILES string of the molecule is [Ru].[Ru].c1ccncc1. The molecule has 8 heavy (non-hydrogen) atoms. The normalized spacial score (nSPS) is 6.00. The third-order valence-electron chi connectivity index (χ3n) is 0.566. The topological polar surface area (TPSA) is 12.9 Å². The maximum atomic E-state index is 3.78. The van der Waals surface area contributed by atoms with Crippen LogP contribution in [0.25, 0.3) is 0 Å². The van der Waals surface area contributed by atoms with Crippen LogP contribution in [0.2, 0.25) is 0 Å². The zero-order chi connectivity index (χ0) is 4.24. The van der Waals surface area contributed by atoms with Crippen LogP contribution in [0.3, 0.4) is 0 Å². The molecule has 0 N–H and O–H groups in total. The third kappa shape index (κ3) is 4.55. The van der Waals surface area contributed by atoms with E-state index in [9.17, 15) is 0 Å². The number of hydrogen-bond acceptors (Lipinski definition) is 1. The van der Waals surface area contributed by atoms with Crippen LogP contribution in [-0.2, 0) is 39.0 Å². The average molecular weight is 281 g/mol. The Kier molecular flexibility index (Phi) is 10.4. The Hall–Kier alpha value is 0.397. The molecule has 0 unspecified atom stereocenters. The largest absolute Gasteiger partial charge is 0.265 e. The zero-order valence-electron chi connectivity index (χ0n) is 4.04. The van der Waals surface area contributed by atoms with E-state index in [1.807, 2.05) is 18.2 Å². The Labute approximate surface area is 74.4 Å². The Morgan fingerprint density at radius 2 is 1.25 bits per heavy atom. The fourth-order valence-electron chi connectivity index (χ4n) is 0.313. The van der Waals surface area contributed by atoms with Crippen LogP contribution >= 0.6 is 0 Å². The molecule has 0 aliphatic rings. The van der Waals surface area contributed by atoms with Gasteiger partial charge < -0.3 is 0 Å². The van der Waals surface area contributed by atoms with Gasteiger partial charge in [0.1, 0.15) is 0 Å². The van der Waals surface area contributed by atoms with E-state index < -0.39 is 0 Å². The molecule has 1 aromatic rings. The van der Waals surface area contributed by atoms with Gasteiger partial charge in [-0.05, 0) is 12.1 Å². The monoisotopic (exact) mass is 283 g/mol. The summed E-state index contributed by atoms with van der Waals surface area (Å²) >= 11 is 0. The van der Waals surface area contributed by atoms with E-state index in [4.69, 9.17) is 0 Å². The van der Waals surface area contributed by atoms with E-state index in [2.05, 4.69) is 4.98 Å². The first kappa shape index (κ1) is 11.2. The summed E-state index contributed by atoms with van der Waals surface area (Å²) in [5.74, 6) is 0. The molecule has 0 aliphatic carbocycles. The molecule has 0 saturated heterocycles. The second-order valence-corrected chi connectivity index (χ2v) is 1.02. The quantitative estimate of drug-likeness (QED) is 0.648. The summed E-state index contributed by atoms with van der Waals surface area (Å²) in [7, 11) is 0. The van der Waals surface area contributed by atoms with Gasteiger partial charge in [0, 0.05) is 51.3 Å². The van der Waals surface area contributed by atoms with Gasteiger partial charge in [0.2, 0.25) is 0 Å². The fraction of sp³-hybridized carbons (Fsp3) is 0. The molecule has 1 heterocycles. The predicted octanol–water partition coefficient (Wildman–Crippen LogP) is 1.08. The minimum Gasteiger partial charge on any atom is -0.265 e. The molecule has 0 fully saturated rings. The van der Waals surface area contributed by atoms with Gasteiger partial charge in [-0.2, -0.15) is 0 Å². The van der Waals surface area contributed by atoms with Gasteiger partial charge in [-0.3, -0.25) is 4.98 Å². The van der Waals surface area contributed by atoms with Crippen molar-refractivity contribution in [3.05, 3.63) is 30.6 Å². The van der Waals surface area contributed by atoms with Crippen LogP contribution in [0.1, 0.15) is 0 Å². The van der Waals surface area contributed by atoms with Crippen molar-refractivity contribution in [3.8, 4) is 0 Å². The van der Waals surface area contributed by atoms with Gasteiger partial charge in [-0.25, -0.2) is 0 Å². The van der Waals surface area contributed by atoms with Gasteiger partial charge in [-0.15, -0.1) is 0 Å². The molecule has 1 rings (SSSR count). The van der Waals surface area contributed by atoms with Crippen LogP contribution in [0.4, 0.5) is 0 Å². The van der Waals surface area contributed by atoms with Crippen molar-refractivity contribution in [2.45, 2.75) is 0 Å². The van der Waals surface area contributed by atoms with E-state index in [1.165, 1.54) is 0 Å². The molecule has 0 radical (unpaired) electrons. The molecule has 1 aromatic heterocycles. The summed E-state index contributed by atoms with van der Waals surface area (Å²) in [6.45, 7) is 0.